The Morgan fingerprint density at radius 2 is 2.11 bits per heavy atom. The van der Waals surface area contributed by atoms with Crippen LogP contribution >= 0.6 is 15.9 Å². The summed E-state index contributed by atoms with van der Waals surface area (Å²) < 4.78 is 6.26. The molecular weight excluding hydrogens is 306 g/mol. The van der Waals surface area contributed by atoms with Gasteiger partial charge in [0.2, 0.25) is 11.7 Å². The van der Waals surface area contributed by atoms with Gasteiger partial charge in [0.25, 0.3) is 0 Å². The van der Waals surface area contributed by atoms with E-state index in [4.69, 9.17) is 9.78 Å². The summed E-state index contributed by atoms with van der Waals surface area (Å²) in [6.07, 6.45) is 0. The van der Waals surface area contributed by atoms with Crippen LogP contribution in [0.4, 0.5) is 0 Å². The molecule has 1 saturated carbocycles. The van der Waals surface area contributed by atoms with Crippen molar-refractivity contribution < 1.29 is 4.52 Å². The van der Waals surface area contributed by atoms with Crippen LogP contribution in [0.1, 0.15) is 25.7 Å². The van der Waals surface area contributed by atoms with E-state index in [2.05, 4.69) is 32.1 Å². The number of benzene rings is 1. The maximum absolute atomic E-state index is 9.09. The fraction of sp³-hybridized carbons (Fsp3) is 0.357. The third-order valence-corrected chi connectivity index (χ3v) is 4.48. The molecule has 3 rings (SSSR count). The number of aromatic nitrogens is 2. The normalized spacial score (nSPS) is 23.9. The van der Waals surface area contributed by atoms with Gasteiger partial charge in [-0.05, 0) is 17.5 Å². The van der Waals surface area contributed by atoms with E-state index in [1.54, 1.807) is 0 Å². The Morgan fingerprint density at radius 1 is 1.37 bits per heavy atom. The van der Waals surface area contributed by atoms with Crippen LogP contribution in [-0.2, 0) is 0 Å². The van der Waals surface area contributed by atoms with E-state index in [1.165, 1.54) is 0 Å². The quantitative estimate of drug-likeness (QED) is 0.846. The highest BCUT2D eigenvalue weighted by atomic mass is 79.9. The minimum atomic E-state index is -0.0769. The van der Waals surface area contributed by atoms with Crippen molar-refractivity contribution in [2.75, 3.05) is 0 Å². The maximum Gasteiger partial charge on any atom is 0.232 e. The van der Waals surface area contributed by atoms with E-state index >= 15 is 0 Å². The van der Waals surface area contributed by atoms with Gasteiger partial charge in [0.15, 0.2) is 0 Å². The summed E-state index contributed by atoms with van der Waals surface area (Å²) in [6, 6.07) is 10.0. The monoisotopic (exact) mass is 317 g/mol. The number of rotatable bonds is 2. The van der Waals surface area contributed by atoms with Crippen molar-refractivity contribution in [1.82, 2.24) is 10.1 Å². The van der Waals surface area contributed by atoms with Crippen LogP contribution in [0.2, 0.25) is 0 Å². The first-order valence-electron chi connectivity index (χ1n) is 6.04. The van der Waals surface area contributed by atoms with Crippen LogP contribution in [0.25, 0.3) is 11.4 Å². The van der Waals surface area contributed by atoms with Gasteiger partial charge in [-0.3, -0.25) is 0 Å². The summed E-state index contributed by atoms with van der Waals surface area (Å²) in [6.45, 7) is 4.10. The molecule has 0 saturated heterocycles. The van der Waals surface area contributed by atoms with E-state index in [0.29, 0.717) is 11.7 Å². The SMILES string of the molecule is CC1(C)C(C#N)C1c1nc(-c2ccccc2Br)no1. The summed E-state index contributed by atoms with van der Waals surface area (Å²) in [5.74, 6) is 1.12. The largest absolute Gasteiger partial charge is 0.339 e. The minimum Gasteiger partial charge on any atom is -0.339 e. The number of nitriles is 1. The molecule has 0 aliphatic heterocycles. The number of nitrogens with zero attached hydrogens (tertiary/aromatic N) is 3. The zero-order valence-electron chi connectivity index (χ0n) is 10.6. The molecule has 96 valence electrons. The first kappa shape index (κ1) is 12.4. The summed E-state index contributed by atoms with van der Waals surface area (Å²) >= 11 is 3.47. The van der Waals surface area contributed by atoms with Gasteiger partial charge in [-0.2, -0.15) is 10.2 Å². The lowest BCUT2D eigenvalue weighted by atomic mass is 10.1. The van der Waals surface area contributed by atoms with Crippen molar-refractivity contribution in [1.29, 1.82) is 5.26 Å². The molecule has 2 atom stereocenters. The molecule has 1 fully saturated rings. The second-order valence-corrected chi connectivity index (χ2v) is 6.20. The van der Waals surface area contributed by atoms with E-state index in [0.717, 1.165) is 10.0 Å². The van der Waals surface area contributed by atoms with Crippen molar-refractivity contribution >= 4 is 15.9 Å². The molecule has 1 heterocycles. The number of hydrogen-bond acceptors (Lipinski definition) is 4. The summed E-state index contributed by atoms with van der Waals surface area (Å²) in [7, 11) is 0. The summed E-state index contributed by atoms with van der Waals surface area (Å²) in [4.78, 5) is 4.44. The molecule has 0 radical (unpaired) electrons. The van der Waals surface area contributed by atoms with Gasteiger partial charge in [-0.15, -0.1) is 0 Å². The lowest BCUT2D eigenvalue weighted by Gasteiger charge is -1.97. The summed E-state index contributed by atoms with van der Waals surface area (Å²) in [5, 5.41) is 13.1. The van der Waals surface area contributed by atoms with Crippen LogP contribution in [0.5, 0.6) is 0 Å². The highest BCUT2D eigenvalue weighted by Crippen LogP contribution is 2.63. The topological polar surface area (TPSA) is 62.7 Å². The Morgan fingerprint density at radius 3 is 2.74 bits per heavy atom. The molecule has 2 aromatic rings. The van der Waals surface area contributed by atoms with Crippen LogP contribution in [0.3, 0.4) is 0 Å². The Kier molecular flexibility index (Phi) is 2.72. The van der Waals surface area contributed by atoms with E-state index < -0.39 is 0 Å². The Balaban J connectivity index is 1.94. The predicted octanol–water partition coefficient (Wildman–Crippen LogP) is 3.76. The zero-order valence-corrected chi connectivity index (χ0v) is 12.2. The zero-order chi connectivity index (χ0) is 13.6. The molecule has 4 nitrogen and oxygen atoms in total. The van der Waals surface area contributed by atoms with Gasteiger partial charge in [0, 0.05) is 10.0 Å². The molecule has 0 bridgehead atoms. The lowest BCUT2D eigenvalue weighted by molar-refractivity contribution is 0.368. The Labute approximate surface area is 119 Å². The minimum absolute atomic E-state index is 0.0417. The fourth-order valence-electron chi connectivity index (χ4n) is 2.45. The second-order valence-electron chi connectivity index (χ2n) is 5.34. The van der Waals surface area contributed by atoms with Crippen molar-refractivity contribution in [2.45, 2.75) is 19.8 Å². The molecule has 1 aromatic carbocycles. The average molecular weight is 318 g/mol. The smallest absolute Gasteiger partial charge is 0.232 e. The predicted molar refractivity (Wildman–Crippen MR) is 73.1 cm³/mol. The van der Waals surface area contributed by atoms with Crippen LogP contribution in [0, 0.1) is 22.7 Å². The van der Waals surface area contributed by atoms with Crippen molar-refractivity contribution in [3.05, 3.63) is 34.6 Å². The molecular formula is C14H12BrN3O. The van der Waals surface area contributed by atoms with Gasteiger partial charge >= 0.3 is 0 Å². The maximum atomic E-state index is 9.09. The van der Waals surface area contributed by atoms with Crippen molar-refractivity contribution in [2.24, 2.45) is 11.3 Å². The molecule has 0 amide bonds. The van der Waals surface area contributed by atoms with Gasteiger partial charge < -0.3 is 4.52 Å². The summed E-state index contributed by atoms with van der Waals surface area (Å²) in [5.41, 5.74) is 0.816. The fourth-order valence-corrected chi connectivity index (χ4v) is 2.92. The number of halogens is 1. The Bertz CT molecular complexity index is 671. The number of hydrogen-bond donors (Lipinski definition) is 0. The molecule has 19 heavy (non-hydrogen) atoms. The van der Waals surface area contributed by atoms with Crippen molar-refractivity contribution in [3.63, 3.8) is 0 Å². The highest BCUT2D eigenvalue weighted by molar-refractivity contribution is 9.10. The van der Waals surface area contributed by atoms with Crippen molar-refractivity contribution in [3.8, 4) is 17.5 Å². The van der Waals surface area contributed by atoms with E-state index in [9.17, 15) is 0 Å². The second kappa shape index (κ2) is 4.17. The van der Waals surface area contributed by atoms with E-state index in [1.807, 2.05) is 38.1 Å². The van der Waals surface area contributed by atoms with Gasteiger partial charge in [-0.25, -0.2) is 0 Å². The first-order valence-corrected chi connectivity index (χ1v) is 6.83. The average Bonchev–Trinajstić information content (AvgIpc) is 2.75. The van der Waals surface area contributed by atoms with Gasteiger partial charge in [0.05, 0.1) is 17.9 Å². The Hall–Kier alpha value is -1.67. The third-order valence-electron chi connectivity index (χ3n) is 3.79. The molecule has 0 N–H and O–H groups in total. The lowest BCUT2D eigenvalue weighted by Crippen LogP contribution is -1.90. The van der Waals surface area contributed by atoms with Crippen LogP contribution in [0.15, 0.2) is 33.3 Å². The van der Waals surface area contributed by atoms with Gasteiger partial charge in [0.1, 0.15) is 0 Å². The first-order chi connectivity index (χ1) is 9.05. The third kappa shape index (κ3) is 1.87. The van der Waals surface area contributed by atoms with Crippen LogP contribution < -0.4 is 0 Å². The molecule has 2 unspecified atom stereocenters. The van der Waals surface area contributed by atoms with Crippen LogP contribution in [-0.4, -0.2) is 10.1 Å². The molecule has 5 heteroatoms. The van der Waals surface area contributed by atoms with Gasteiger partial charge in [-0.1, -0.05) is 47.1 Å². The standard InChI is InChI=1S/C14H12BrN3O/c1-14(2)9(7-16)11(14)13-17-12(18-19-13)8-5-3-4-6-10(8)15/h3-6,9,11H,1-2H3. The molecule has 0 spiro atoms. The molecule has 1 aliphatic carbocycles. The molecule has 1 aromatic heterocycles. The highest BCUT2D eigenvalue weighted by Gasteiger charge is 2.62. The van der Waals surface area contributed by atoms with E-state index in [-0.39, 0.29) is 17.3 Å². The molecule has 1 aliphatic rings.